The van der Waals surface area contributed by atoms with Gasteiger partial charge in [0.05, 0.1) is 17.3 Å². The molecule has 0 aliphatic carbocycles. The monoisotopic (exact) mass is 415 g/mol. The molecule has 0 aromatic heterocycles. The summed E-state index contributed by atoms with van der Waals surface area (Å²) in [6.45, 7) is 3.59. The second-order valence-electron chi connectivity index (χ2n) is 7.79. The second-order valence-corrected chi connectivity index (χ2v) is 7.79. The molecule has 1 saturated heterocycles. The van der Waals surface area contributed by atoms with Gasteiger partial charge in [-0.2, -0.15) is 5.26 Å². The number of alkyl halides is 2. The smallest absolute Gasteiger partial charge is 0.270 e. The highest BCUT2D eigenvalue weighted by Gasteiger charge is 2.46. The van der Waals surface area contributed by atoms with E-state index in [1.807, 2.05) is 6.07 Å². The van der Waals surface area contributed by atoms with E-state index in [4.69, 9.17) is 5.26 Å². The van der Waals surface area contributed by atoms with Crippen molar-refractivity contribution in [3.8, 4) is 6.07 Å². The number of carbonyl (C=O) groups excluding carboxylic acids is 2. The van der Waals surface area contributed by atoms with Crippen molar-refractivity contribution < 1.29 is 22.8 Å². The van der Waals surface area contributed by atoms with Crippen molar-refractivity contribution in [2.45, 2.75) is 38.8 Å². The minimum Gasteiger partial charge on any atom is -0.323 e. The number of nitrogens with zero attached hydrogens (tertiary/aromatic N) is 3. The minimum atomic E-state index is -2.97. The lowest BCUT2D eigenvalue weighted by atomic mass is 9.95. The standard InChI is InChI=1S/C22H20F3N3O2/c1-21(2)20(30)27(18-9-6-15(11-26)10-17(18)23)13-19(29)28(21)12-14-4-7-16(8-5-14)22(3,24)25/h4-10H,12-13H2,1-3H3. The molecule has 2 amide bonds. The van der Waals surface area contributed by atoms with Gasteiger partial charge in [-0.1, -0.05) is 24.3 Å². The number of benzene rings is 2. The van der Waals surface area contributed by atoms with Crippen LogP contribution < -0.4 is 4.90 Å². The Kier molecular flexibility index (Phi) is 5.33. The van der Waals surface area contributed by atoms with Gasteiger partial charge in [0.1, 0.15) is 17.9 Å². The van der Waals surface area contributed by atoms with E-state index in [-0.39, 0.29) is 29.9 Å². The van der Waals surface area contributed by atoms with E-state index in [0.717, 1.165) is 17.9 Å². The lowest BCUT2D eigenvalue weighted by molar-refractivity contribution is -0.149. The third kappa shape index (κ3) is 3.88. The van der Waals surface area contributed by atoms with Crippen LogP contribution in [0.2, 0.25) is 0 Å². The zero-order chi connectivity index (χ0) is 22.3. The van der Waals surface area contributed by atoms with Crippen LogP contribution >= 0.6 is 0 Å². The molecule has 3 rings (SSSR count). The number of amides is 2. The fraction of sp³-hybridized carbons (Fsp3) is 0.318. The summed E-state index contributed by atoms with van der Waals surface area (Å²) in [4.78, 5) is 28.3. The van der Waals surface area contributed by atoms with Crippen molar-refractivity contribution in [3.05, 3.63) is 65.0 Å². The molecule has 1 fully saturated rings. The lowest BCUT2D eigenvalue weighted by Gasteiger charge is -2.45. The average molecular weight is 415 g/mol. The largest absolute Gasteiger partial charge is 0.323 e. The highest BCUT2D eigenvalue weighted by atomic mass is 19.3. The highest BCUT2D eigenvalue weighted by molar-refractivity contribution is 6.08. The minimum absolute atomic E-state index is 0.0524. The molecule has 0 bridgehead atoms. The molecule has 1 aliphatic heterocycles. The second kappa shape index (κ2) is 7.48. The summed E-state index contributed by atoms with van der Waals surface area (Å²) >= 11 is 0. The van der Waals surface area contributed by atoms with Crippen molar-refractivity contribution in [3.63, 3.8) is 0 Å². The molecular weight excluding hydrogens is 395 g/mol. The van der Waals surface area contributed by atoms with Crippen molar-refractivity contribution in [2.24, 2.45) is 0 Å². The van der Waals surface area contributed by atoms with Crippen LogP contribution in [0.15, 0.2) is 42.5 Å². The fourth-order valence-electron chi connectivity index (χ4n) is 3.41. The Bertz CT molecular complexity index is 1040. The van der Waals surface area contributed by atoms with Crippen LogP contribution in [0.4, 0.5) is 18.9 Å². The van der Waals surface area contributed by atoms with E-state index in [9.17, 15) is 22.8 Å². The molecule has 156 valence electrons. The normalized spacial score (nSPS) is 16.6. The number of nitriles is 1. The first kappa shape index (κ1) is 21.4. The Morgan fingerprint density at radius 2 is 1.77 bits per heavy atom. The zero-order valence-corrected chi connectivity index (χ0v) is 16.7. The average Bonchev–Trinajstić information content (AvgIpc) is 2.68. The molecule has 1 heterocycles. The van der Waals surface area contributed by atoms with E-state index < -0.39 is 29.1 Å². The van der Waals surface area contributed by atoms with Crippen LogP contribution in [-0.4, -0.2) is 28.8 Å². The summed E-state index contributed by atoms with van der Waals surface area (Å²) in [5.74, 6) is -4.63. The predicted molar refractivity (Wildman–Crippen MR) is 104 cm³/mol. The zero-order valence-electron chi connectivity index (χ0n) is 16.7. The van der Waals surface area contributed by atoms with E-state index >= 15 is 0 Å². The summed E-state index contributed by atoms with van der Waals surface area (Å²) in [6.07, 6.45) is 0. The van der Waals surface area contributed by atoms with Gasteiger partial charge in [-0.15, -0.1) is 0 Å². The molecule has 2 aromatic rings. The van der Waals surface area contributed by atoms with Gasteiger partial charge in [-0.3, -0.25) is 14.5 Å². The molecule has 1 aliphatic rings. The summed E-state index contributed by atoms with van der Waals surface area (Å²) in [7, 11) is 0. The molecule has 0 spiro atoms. The molecule has 0 unspecified atom stereocenters. The number of hydrogen-bond acceptors (Lipinski definition) is 3. The van der Waals surface area contributed by atoms with Gasteiger partial charge in [0.15, 0.2) is 0 Å². The van der Waals surface area contributed by atoms with Gasteiger partial charge in [0, 0.05) is 19.0 Å². The number of anilines is 1. The SMILES string of the molecule is CC(F)(F)c1ccc(CN2C(=O)CN(c3ccc(C#N)cc3F)C(=O)C2(C)C)cc1. The molecule has 0 saturated carbocycles. The summed E-state index contributed by atoms with van der Waals surface area (Å²) < 4.78 is 41.2. The van der Waals surface area contributed by atoms with Gasteiger partial charge >= 0.3 is 0 Å². The first-order chi connectivity index (χ1) is 13.9. The van der Waals surface area contributed by atoms with Gasteiger partial charge in [0.25, 0.3) is 11.8 Å². The number of hydrogen-bond donors (Lipinski definition) is 0. The predicted octanol–water partition coefficient (Wildman–Crippen LogP) is 3.96. The van der Waals surface area contributed by atoms with Crippen LogP contribution in [0.3, 0.4) is 0 Å². The maximum Gasteiger partial charge on any atom is 0.270 e. The molecule has 30 heavy (non-hydrogen) atoms. The summed E-state index contributed by atoms with van der Waals surface area (Å²) in [5.41, 5.74) is -0.809. The number of halogens is 3. The highest BCUT2D eigenvalue weighted by Crippen LogP contribution is 2.32. The van der Waals surface area contributed by atoms with Gasteiger partial charge < -0.3 is 4.90 Å². The van der Waals surface area contributed by atoms with E-state index in [0.29, 0.717) is 5.56 Å². The molecule has 0 atom stereocenters. The van der Waals surface area contributed by atoms with Gasteiger partial charge in [0.2, 0.25) is 5.91 Å². The third-order valence-corrected chi connectivity index (χ3v) is 5.21. The van der Waals surface area contributed by atoms with Crippen LogP contribution in [0.25, 0.3) is 0 Å². The van der Waals surface area contributed by atoms with E-state index in [1.165, 1.54) is 41.3 Å². The topological polar surface area (TPSA) is 64.4 Å². The third-order valence-electron chi connectivity index (χ3n) is 5.21. The van der Waals surface area contributed by atoms with Gasteiger partial charge in [-0.25, -0.2) is 13.2 Å². The maximum atomic E-state index is 14.4. The Labute approximate surface area is 172 Å². The van der Waals surface area contributed by atoms with Gasteiger partial charge in [-0.05, 0) is 37.6 Å². The fourth-order valence-corrected chi connectivity index (χ4v) is 3.41. The Hall–Kier alpha value is -3.34. The Balaban J connectivity index is 1.86. The maximum absolute atomic E-state index is 14.4. The number of piperazine rings is 1. The first-order valence-electron chi connectivity index (χ1n) is 9.24. The lowest BCUT2D eigenvalue weighted by Crippen LogP contribution is -2.65. The first-order valence-corrected chi connectivity index (χ1v) is 9.24. The van der Waals surface area contributed by atoms with Crippen LogP contribution in [0, 0.1) is 17.1 Å². The molecular formula is C22H20F3N3O2. The molecule has 5 nitrogen and oxygen atoms in total. The van der Waals surface area contributed by atoms with Crippen molar-refractivity contribution in [1.29, 1.82) is 5.26 Å². The van der Waals surface area contributed by atoms with E-state index in [2.05, 4.69) is 0 Å². The number of carbonyl (C=O) groups is 2. The molecule has 2 aromatic carbocycles. The molecule has 0 N–H and O–H groups in total. The van der Waals surface area contributed by atoms with Crippen LogP contribution in [-0.2, 0) is 22.1 Å². The van der Waals surface area contributed by atoms with Crippen molar-refractivity contribution >= 4 is 17.5 Å². The van der Waals surface area contributed by atoms with E-state index in [1.54, 1.807) is 13.8 Å². The van der Waals surface area contributed by atoms with Crippen LogP contribution in [0.1, 0.15) is 37.5 Å². The van der Waals surface area contributed by atoms with Crippen LogP contribution in [0.5, 0.6) is 0 Å². The Morgan fingerprint density at radius 1 is 1.13 bits per heavy atom. The molecule has 0 radical (unpaired) electrons. The van der Waals surface area contributed by atoms with Crippen molar-refractivity contribution in [1.82, 2.24) is 4.90 Å². The Morgan fingerprint density at radius 3 is 2.30 bits per heavy atom. The summed E-state index contributed by atoms with van der Waals surface area (Å²) in [6, 6.07) is 11.1. The van der Waals surface area contributed by atoms with Crippen molar-refractivity contribution in [2.75, 3.05) is 11.4 Å². The quantitative estimate of drug-likeness (QED) is 0.759. The molecule has 8 heteroatoms. The summed E-state index contributed by atoms with van der Waals surface area (Å²) in [5, 5.41) is 8.88. The number of rotatable bonds is 4.